The summed E-state index contributed by atoms with van der Waals surface area (Å²) in [5.74, 6) is 0. The van der Waals surface area contributed by atoms with Crippen LogP contribution >= 0.6 is 15.8 Å². The number of hydrogen-bond donors (Lipinski definition) is 0. The second-order valence-electron chi connectivity index (χ2n) is 8.68. The van der Waals surface area contributed by atoms with E-state index in [9.17, 15) is 0 Å². The van der Waals surface area contributed by atoms with Crippen LogP contribution in [0, 0.1) is 0 Å². The van der Waals surface area contributed by atoms with Crippen LogP contribution in [0.4, 0.5) is 0 Å². The van der Waals surface area contributed by atoms with E-state index in [0.717, 1.165) is 0 Å². The summed E-state index contributed by atoms with van der Waals surface area (Å²) < 4.78 is 0. The first-order valence-corrected chi connectivity index (χ1v) is 15.5. The molecule has 6 aromatic carbocycles. The van der Waals surface area contributed by atoms with Crippen LogP contribution < -0.4 is 81.5 Å². The van der Waals surface area contributed by atoms with E-state index < -0.39 is 15.8 Å². The third kappa shape index (κ3) is 12.9. The van der Waals surface area contributed by atoms with Gasteiger partial charge in [0.05, 0.1) is 0 Å². The molecule has 0 aliphatic carbocycles. The van der Waals surface area contributed by atoms with Crippen LogP contribution in [0.3, 0.4) is 0 Å². The summed E-state index contributed by atoms with van der Waals surface area (Å²) in [4.78, 5) is 0. The third-order valence-corrected chi connectivity index (χ3v) is 11.0. The Morgan fingerprint density at radius 2 is 0.341 bits per heavy atom. The van der Waals surface area contributed by atoms with Crippen LogP contribution in [0.5, 0.6) is 0 Å². The first-order chi connectivity index (χ1) is 18.9. The fourth-order valence-electron chi connectivity index (χ4n) is 4.36. The fraction of sp³-hybridized carbons (Fsp3) is 0. The van der Waals surface area contributed by atoms with Crippen molar-refractivity contribution < 1.29 is 70.7 Å². The monoisotopic (exact) mass is 979 g/mol. The van der Waals surface area contributed by atoms with Crippen molar-refractivity contribution in [3.05, 3.63) is 182 Å². The summed E-state index contributed by atoms with van der Waals surface area (Å²) in [7, 11) is -0.892. The molecule has 0 heterocycles. The quantitative estimate of drug-likeness (QED) is 0.116. The van der Waals surface area contributed by atoms with Gasteiger partial charge in [-0.15, -0.1) is 0 Å². The Morgan fingerprint density at radius 3 is 0.455 bits per heavy atom. The largest absolute Gasteiger partial charge is 2.00 e. The molecule has 0 aromatic heterocycles. The van der Waals surface area contributed by atoms with E-state index in [1.54, 1.807) is 0 Å². The van der Waals surface area contributed by atoms with Gasteiger partial charge in [-0.1, -0.05) is 182 Å². The van der Waals surface area contributed by atoms with E-state index in [0.29, 0.717) is 0 Å². The molecule has 2 radical (unpaired) electrons. The Morgan fingerprint density at radius 1 is 0.227 bits per heavy atom. The van der Waals surface area contributed by atoms with Crippen molar-refractivity contribution >= 4 is 71.6 Å². The molecule has 226 valence electrons. The second-order valence-corrected chi connectivity index (χ2v) is 13.1. The van der Waals surface area contributed by atoms with Crippen LogP contribution in [-0.4, -0.2) is 23.9 Å². The maximum Gasteiger partial charge on any atom is 2.00 e. The molecule has 0 saturated heterocycles. The maximum absolute atomic E-state index is 2.23. The minimum absolute atomic E-state index is 0. The van der Waals surface area contributed by atoms with E-state index in [1.165, 1.54) is 31.8 Å². The Hall–Kier alpha value is -1.17. The van der Waals surface area contributed by atoms with Crippen molar-refractivity contribution in [3.8, 4) is 0 Å². The van der Waals surface area contributed by atoms with Crippen LogP contribution in [0.25, 0.3) is 0 Å². The van der Waals surface area contributed by atoms with Gasteiger partial charge < -0.3 is 49.6 Å². The maximum atomic E-state index is 2.23. The van der Waals surface area contributed by atoms with E-state index in [2.05, 4.69) is 182 Å². The van der Waals surface area contributed by atoms with Crippen LogP contribution in [0.1, 0.15) is 0 Å². The molecular weight excluding hydrogens is 950 g/mol. The average Bonchev–Trinajstić information content (AvgIpc) is 3.01. The summed E-state index contributed by atoms with van der Waals surface area (Å²) in [5, 5.41) is 8.39. The SMILES string of the molecule is [Cl-].[Cl-].[Cl-].[Cl-].[Pt+2].[Sn+2].c1ccc(P(c2ccccc2)c2ccccc2)cc1.c1ccc(P(c2ccccc2)c2ccccc2)cc1. The van der Waals surface area contributed by atoms with Gasteiger partial charge in [0.1, 0.15) is 0 Å². The van der Waals surface area contributed by atoms with Crippen molar-refractivity contribution in [1.29, 1.82) is 0 Å². The predicted octanol–water partition coefficient (Wildman–Crippen LogP) is -5.48. The van der Waals surface area contributed by atoms with Gasteiger partial charge in [0.15, 0.2) is 0 Å². The molecule has 44 heavy (non-hydrogen) atoms. The zero-order valence-electron chi connectivity index (χ0n) is 23.5. The summed E-state index contributed by atoms with van der Waals surface area (Å²) in [5.41, 5.74) is 0. The Balaban J connectivity index is 0. The molecule has 0 unspecified atom stereocenters. The van der Waals surface area contributed by atoms with Crippen molar-refractivity contribution in [2.75, 3.05) is 0 Å². The first kappa shape index (κ1) is 45.0. The molecule has 0 fully saturated rings. The van der Waals surface area contributed by atoms with Crippen molar-refractivity contribution in [2.45, 2.75) is 0 Å². The zero-order chi connectivity index (χ0) is 25.8. The van der Waals surface area contributed by atoms with Gasteiger partial charge in [0, 0.05) is 0 Å². The number of halogens is 4. The summed E-state index contributed by atoms with van der Waals surface area (Å²) in [6.07, 6.45) is 0. The molecule has 0 spiro atoms. The molecule has 6 aromatic rings. The molecule has 0 bridgehead atoms. The predicted molar refractivity (Wildman–Crippen MR) is 176 cm³/mol. The molecule has 0 saturated carbocycles. The first-order valence-electron chi connectivity index (χ1n) is 12.8. The normalized spacial score (nSPS) is 9.14. The Bertz CT molecular complexity index is 1200. The summed E-state index contributed by atoms with van der Waals surface area (Å²) in [6, 6.07) is 64.7. The molecule has 0 atom stereocenters. The smallest absolute Gasteiger partial charge is 1.00 e. The van der Waals surface area contributed by atoms with E-state index >= 15 is 0 Å². The van der Waals surface area contributed by atoms with Gasteiger partial charge in [-0.05, 0) is 47.7 Å². The standard InChI is InChI=1S/2C18H15P.4ClH.Pt.Sn/c2*1-4-10-16(11-5-1)19(17-12-6-2-7-13-17)18-14-8-3-9-15-18;;;;;;/h2*1-15H;4*1H;;/q;;;;;;2*+2/p-4. The minimum Gasteiger partial charge on any atom is -1.00 e. The molecule has 0 N–H and O–H groups in total. The summed E-state index contributed by atoms with van der Waals surface area (Å²) >= 11 is 0. The van der Waals surface area contributed by atoms with Gasteiger partial charge in [-0.2, -0.15) is 0 Å². The van der Waals surface area contributed by atoms with Crippen molar-refractivity contribution in [2.24, 2.45) is 0 Å². The topological polar surface area (TPSA) is 0 Å². The molecule has 6 rings (SSSR count). The number of hydrogen-bond acceptors (Lipinski definition) is 0. The minimum atomic E-state index is -0.446. The molecule has 0 amide bonds. The fourth-order valence-corrected chi connectivity index (χ4v) is 8.97. The Labute approximate surface area is 321 Å². The van der Waals surface area contributed by atoms with Crippen LogP contribution in [0.2, 0.25) is 0 Å². The number of rotatable bonds is 6. The second kappa shape index (κ2) is 25.0. The van der Waals surface area contributed by atoms with Gasteiger partial charge in [-0.25, -0.2) is 0 Å². The van der Waals surface area contributed by atoms with Crippen molar-refractivity contribution in [3.63, 3.8) is 0 Å². The molecular formula is C36H30Cl4P2PtSn. The van der Waals surface area contributed by atoms with E-state index in [-0.39, 0.29) is 94.6 Å². The third-order valence-electron chi connectivity index (χ3n) is 6.09. The van der Waals surface area contributed by atoms with Gasteiger partial charge >= 0.3 is 45.0 Å². The Kier molecular flexibility index (Phi) is 25.5. The number of benzene rings is 6. The summed E-state index contributed by atoms with van der Waals surface area (Å²) in [6.45, 7) is 0. The van der Waals surface area contributed by atoms with Crippen LogP contribution in [0.15, 0.2) is 182 Å². The molecule has 0 aliphatic heterocycles. The van der Waals surface area contributed by atoms with Gasteiger partial charge in [-0.3, -0.25) is 0 Å². The van der Waals surface area contributed by atoms with Crippen molar-refractivity contribution in [1.82, 2.24) is 0 Å². The molecule has 0 nitrogen and oxygen atoms in total. The van der Waals surface area contributed by atoms with Gasteiger partial charge in [0.25, 0.3) is 0 Å². The van der Waals surface area contributed by atoms with Gasteiger partial charge in [0.2, 0.25) is 0 Å². The zero-order valence-corrected chi connectivity index (χ0v) is 33.5. The molecule has 8 heteroatoms. The average molecular weight is 980 g/mol. The van der Waals surface area contributed by atoms with Crippen LogP contribution in [-0.2, 0) is 21.1 Å². The van der Waals surface area contributed by atoms with E-state index in [4.69, 9.17) is 0 Å². The van der Waals surface area contributed by atoms with E-state index in [1.807, 2.05) is 0 Å². The molecule has 0 aliphatic rings.